The maximum absolute atomic E-state index is 11.7. The molecule has 5 nitrogen and oxygen atoms in total. The molecule has 0 amide bonds. The molecule has 0 aromatic carbocycles. The van der Waals surface area contributed by atoms with Gasteiger partial charge in [0, 0.05) is 25.7 Å². The molecule has 7 heteroatoms. The summed E-state index contributed by atoms with van der Waals surface area (Å²) in [6, 6.07) is 0.341. The monoisotopic (exact) mass is 511 g/mol. The standard InChI is InChI=1S/C20H37N3O2S.HI/c1-17(2)22-19(21-14-18-8-13-26(24,25)15-18)23-12-7-11-20(16-23)9-5-3-4-6-10-20;/h17-18H,3-16H2,1-2H3,(H,21,22);1H. The molecule has 2 saturated heterocycles. The van der Waals surface area contributed by atoms with Gasteiger partial charge in [-0.05, 0) is 57.3 Å². The SMILES string of the molecule is CC(C)NC(=NCC1CCS(=O)(=O)C1)N1CCCC2(CCCCCC2)C1.I. The van der Waals surface area contributed by atoms with Crippen molar-refractivity contribution in [3.05, 3.63) is 0 Å². The average molecular weight is 512 g/mol. The van der Waals surface area contributed by atoms with Crippen molar-refractivity contribution < 1.29 is 8.42 Å². The number of halogens is 1. The molecule has 1 atom stereocenters. The fourth-order valence-corrected chi connectivity index (χ4v) is 6.85. The van der Waals surface area contributed by atoms with Crippen molar-refractivity contribution in [2.24, 2.45) is 16.3 Å². The topological polar surface area (TPSA) is 61.8 Å². The Kier molecular flexibility index (Phi) is 8.71. The molecule has 0 radical (unpaired) electrons. The summed E-state index contributed by atoms with van der Waals surface area (Å²) in [5.74, 6) is 1.86. The van der Waals surface area contributed by atoms with E-state index in [1.807, 2.05) is 0 Å². The molecule has 1 aliphatic carbocycles. The average Bonchev–Trinajstić information content (AvgIpc) is 2.78. The number of aliphatic imine (C=N–C) groups is 1. The van der Waals surface area contributed by atoms with Crippen LogP contribution < -0.4 is 5.32 Å². The minimum absolute atomic E-state index is 0. The van der Waals surface area contributed by atoms with Crippen molar-refractivity contribution in [1.29, 1.82) is 0 Å². The summed E-state index contributed by atoms with van der Waals surface area (Å²) in [6.07, 6.45) is 11.6. The van der Waals surface area contributed by atoms with E-state index >= 15 is 0 Å². The van der Waals surface area contributed by atoms with Crippen LogP contribution >= 0.6 is 24.0 Å². The van der Waals surface area contributed by atoms with Crippen LogP contribution in [0.2, 0.25) is 0 Å². The Morgan fingerprint density at radius 2 is 1.81 bits per heavy atom. The van der Waals surface area contributed by atoms with Crippen LogP contribution in [-0.2, 0) is 9.84 Å². The summed E-state index contributed by atoms with van der Waals surface area (Å²) in [5, 5.41) is 3.56. The first kappa shape index (κ1) is 23.2. The number of guanidine groups is 1. The summed E-state index contributed by atoms with van der Waals surface area (Å²) in [6.45, 7) is 7.14. The van der Waals surface area contributed by atoms with Gasteiger partial charge in [-0.2, -0.15) is 0 Å². The Morgan fingerprint density at radius 1 is 1.15 bits per heavy atom. The number of rotatable bonds is 3. The smallest absolute Gasteiger partial charge is 0.194 e. The molecule has 1 N–H and O–H groups in total. The number of sulfone groups is 1. The van der Waals surface area contributed by atoms with Gasteiger partial charge in [-0.1, -0.05) is 25.7 Å². The third kappa shape index (κ3) is 6.75. The van der Waals surface area contributed by atoms with Gasteiger partial charge < -0.3 is 10.2 Å². The minimum Gasteiger partial charge on any atom is -0.354 e. The number of nitrogens with one attached hydrogen (secondary N) is 1. The molecule has 1 unspecified atom stereocenters. The molecule has 0 aromatic rings. The van der Waals surface area contributed by atoms with Gasteiger partial charge in [-0.3, -0.25) is 4.99 Å². The van der Waals surface area contributed by atoms with Crippen LogP contribution in [-0.4, -0.2) is 56.5 Å². The van der Waals surface area contributed by atoms with E-state index < -0.39 is 9.84 Å². The summed E-state index contributed by atoms with van der Waals surface area (Å²) < 4.78 is 23.5. The molecular formula is C20H38IN3O2S. The molecule has 2 aliphatic heterocycles. The van der Waals surface area contributed by atoms with Gasteiger partial charge in [0.2, 0.25) is 0 Å². The zero-order chi connectivity index (χ0) is 18.6. The second-order valence-corrected chi connectivity index (χ2v) is 11.4. The van der Waals surface area contributed by atoms with Crippen LogP contribution in [0, 0.1) is 11.3 Å². The maximum atomic E-state index is 11.7. The van der Waals surface area contributed by atoms with Crippen molar-refractivity contribution in [2.45, 2.75) is 77.7 Å². The van der Waals surface area contributed by atoms with Crippen molar-refractivity contribution in [2.75, 3.05) is 31.1 Å². The first-order valence-electron chi connectivity index (χ1n) is 10.6. The fraction of sp³-hybridized carbons (Fsp3) is 0.950. The van der Waals surface area contributed by atoms with Gasteiger partial charge in [0.1, 0.15) is 0 Å². The van der Waals surface area contributed by atoms with E-state index in [9.17, 15) is 8.42 Å². The lowest BCUT2D eigenvalue weighted by molar-refractivity contribution is 0.115. The Balaban J connectivity index is 0.00000261. The van der Waals surface area contributed by atoms with Crippen molar-refractivity contribution in [1.82, 2.24) is 10.2 Å². The van der Waals surface area contributed by atoms with Crippen molar-refractivity contribution in [3.8, 4) is 0 Å². The van der Waals surface area contributed by atoms with E-state index in [-0.39, 0.29) is 29.9 Å². The molecule has 0 bridgehead atoms. The molecule has 3 rings (SSSR count). The molecular weight excluding hydrogens is 473 g/mol. The number of nitrogens with zero attached hydrogens (tertiary/aromatic N) is 2. The molecule has 27 heavy (non-hydrogen) atoms. The Bertz CT molecular complexity index is 598. The second-order valence-electron chi connectivity index (χ2n) is 9.17. The van der Waals surface area contributed by atoms with E-state index in [1.54, 1.807) is 0 Å². The van der Waals surface area contributed by atoms with E-state index in [0.29, 0.717) is 29.5 Å². The fourth-order valence-electron chi connectivity index (χ4n) is 5.00. The molecule has 1 spiro atoms. The van der Waals surface area contributed by atoms with Gasteiger partial charge in [0.25, 0.3) is 0 Å². The van der Waals surface area contributed by atoms with Gasteiger partial charge in [-0.15, -0.1) is 24.0 Å². The van der Waals surface area contributed by atoms with E-state index in [0.717, 1.165) is 25.5 Å². The zero-order valence-corrected chi connectivity index (χ0v) is 20.2. The third-order valence-electron chi connectivity index (χ3n) is 6.37. The lowest BCUT2D eigenvalue weighted by atomic mass is 9.74. The number of piperidine rings is 1. The predicted octanol–water partition coefficient (Wildman–Crippen LogP) is 3.83. The Hall–Kier alpha value is -0.0500. The second kappa shape index (κ2) is 10.1. The lowest BCUT2D eigenvalue weighted by Gasteiger charge is -2.44. The van der Waals surface area contributed by atoms with Crippen LogP contribution in [0.25, 0.3) is 0 Å². The lowest BCUT2D eigenvalue weighted by Crippen LogP contribution is -2.52. The first-order chi connectivity index (χ1) is 12.4. The van der Waals surface area contributed by atoms with E-state index in [1.165, 1.54) is 51.4 Å². The van der Waals surface area contributed by atoms with Crippen LogP contribution in [0.15, 0.2) is 4.99 Å². The van der Waals surface area contributed by atoms with Gasteiger partial charge in [0.15, 0.2) is 15.8 Å². The summed E-state index contributed by atoms with van der Waals surface area (Å²) in [5.41, 5.74) is 0.477. The van der Waals surface area contributed by atoms with Gasteiger partial charge in [0.05, 0.1) is 11.5 Å². The minimum atomic E-state index is -2.82. The summed E-state index contributed by atoms with van der Waals surface area (Å²) in [7, 11) is -2.82. The third-order valence-corrected chi connectivity index (χ3v) is 8.21. The highest BCUT2D eigenvalue weighted by atomic mass is 127. The maximum Gasteiger partial charge on any atom is 0.194 e. The zero-order valence-electron chi connectivity index (χ0n) is 17.1. The van der Waals surface area contributed by atoms with Crippen molar-refractivity contribution in [3.63, 3.8) is 0 Å². The summed E-state index contributed by atoms with van der Waals surface area (Å²) in [4.78, 5) is 7.37. The number of likely N-dealkylation sites (tertiary alicyclic amines) is 1. The highest BCUT2D eigenvalue weighted by molar-refractivity contribution is 14.0. The van der Waals surface area contributed by atoms with Gasteiger partial charge in [-0.25, -0.2) is 8.42 Å². The Labute approximate surface area is 183 Å². The molecule has 158 valence electrons. The predicted molar refractivity (Wildman–Crippen MR) is 124 cm³/mol. The quantitative estimate of drug-likeness (QED) is 0.356. The number of hydrogen-bond acceptors (Lipinski definition) is 3. The molecule has 1 saturated carbocycles. The van der Waals surface area contributed by atoms with Crippen LogP contribution in [0.4, 0.5) is 0 Å². The molecule has 3 aliphatic rings. The molecule has 3 fully saturated rings. The van der Waals surface area contributed by atoms with Crippen LogP contribution in [0.5, 0.6) is 0 Å². The van der Waals surface area contributed by atoms with E-state index in [2.05, 4.69) is 24.1 Å². The highest BCUT2D eigenvalue weighted by Gasteiger charge is 2.37. The van der Waals surface area contributed by atoms with Crippen LogP contribution in [0.3, 0.4) is 0 Å². The largest absolute Gasteiger partial charge is 0.354 e. The normalized spacial score (nSPS) is 28.0. The summed E-state index contributed by atoms with van der Waals surface area (Å²) >= 11 is 0. The molecule has 2 heterocycles. The van der Waals surface area contributed by atoms with E-state index in [4.69, 9.17) is 4.99 Å². The van der Waals surface area contributed by atoms with Crippen LogP contribution in [0.1, 0.15) is 71.6 Å². The molecule has 0 aromatic heterocycles. The number of hydrogen-bond donors (Lipinski definition) is 1. The van der Waals surface area contributed by atoms with Gasteiger partial charge >= 0.3 is 0 Å². The first-order valence-corrected chi connectivity index (χ1v) is 12.5. The van der Waals surface area contributed by atoms with Crippen molar-refractivity contribution >= 4 is 39.8 Å². The Morgan fingerprint density at radius 3 is 2.41 bits per heavy atom. The highest BCUT2D eigenvalue weighted by Crippen LogP contribution is 2.42.